The van der Waals surface area contributed by atoms with Gasteiger partial charge in [0.2, 0.25) is 0 Å². The van der Waals surface area contributed by atoms with Gasteiger partial charge in [0.05, 0.1) is 0 Å². The zero-order chi connectivity index (χ0) is 14.4. The fourth-order valence-corrected chi connectivity index (χ4v) is 2.46. The SMILES string of the molecule is CN=C(NCCc1c(F)cccc1Cl)NC1CC=CC1.I. The molecule has 0 aliphatic heterocycles. The molecule has 0 unspecified atom stereocenters. The van der Waals surface area contributed by atoms with Gasteiger partial charge < -0.3 is 10.6 Å². The van der Waals surface area contributed by atoms with Crippen LogP contribution in [0.4, 0.5) is 4.39 Å². The fourth-order valence-electron chi connectivity index (χ4n) is 2.20. The number of hydrogen-bond donors (Lipinski definition) is 2. The molecular formula is C15H20ClFIN3. The topological polar surface area (TPSA) is 36.4 Å². The molecule has 1 aliphatic rings. The van der Waals surface area contributed by atoms with Crippen molar-refractivity contribution in [2.45, 2.75) is 25.3 Å². The Morgan fingerprint density at radius 2 is 2.10 bits per heavy atom. The van der Waals surface area contributed by atoms with Crippen LogP contribution in [-0.2, 0) is 6.42 Å². The van der Waals surface area contributed by atoms with E-state index in [4.69, 9.17) is 11.6 Å². The van der Waals surface area contributed by atoms with E-state index in [0.717, 1.165) is 18.8 Å². The Morgan fingerprint density at radius 3 is 2.71 bits per heavy atom. The minimum atomic E-state index is -0.262. The molecule has 0 spiro atoms. The van der Waals surface area contributed by atoms with Crippen molar-refractivity contribution in [2.24, 2.45) is 4.99 Å². The third-order valence-electron chi connectivity index (χ3n) is 3.30. The predicted molar refractivity (Wildman–Crippen MR) is 97.2 cm³/mol. The molecule has 0 amide bonds. The van der Waals surface area contributed by atoms with Gasteiger partial charge in [0, 0.05) is 30.2 Å². The predicted octanol–water partition coefficient (Wildman–Crippen LogP) is 3.52. The lowest BCUT2D eigenvalue weighted by molar-refractivity contribution is 0.603. The number of nitrogens with one attached hydrogen (secondary N) is 2. The third-order valence-corrected chi connectivity index (χ3v) is 3.66. The molecule has 2 rings (SSSR count). The van der Waals surface area contributed by atoms with Gasteiger partial charge in [0.15, 0.2) is 5.96 Å². The van der Waals surface area contributed by atoms with E-state index < -0.39 is 0 Å². The smallest absolute Gasteiger partial charge is 0.191 e. The maximum absolute atomic E-state index is 13.6. The summed E-state index contributed by atoms with van der Waals surface area (Å²) in [5.41, 5.74) is 0.541. The molecule has 0 heterocycles. The summed E-state index contributed by atoms with van der Waals surface area (Å²) in [6, 6.07) is 5.15. The lowest BCUT2D eigenvalue weighted by Crippen LogP contribution is -2.43. The first-order valence-electron chi connectivity index (χ1n) is 6.75. The van der Waals surface area contributed by atoms with Gasteiger partial charge in [0.25, 0.3) is 0 Å². The molecule has 0 saturated carbocycles. The third kappa shape index (κ3) is 5.47. The Morgan fingerprint density at radius 1 is 1.38 bits per heavy atom. The minimum absolute atomic E-state index is 0. The molecular weight excluding hydrogens is 404 g/mol. The van der Waals surface area contributed by atoms with Crippen LogP contribution in [0.1, 0.15) is 18.4 Å². The highest BCUT2D eigenvalue weighted by atomic mass is 127. The maximum atomic E-state index is 13.6. The minimum Gasteiger partial charge on any atom is -0.356 e. The second-order valence-corrected chi connectivity index (χ2v) is 5.14. The molecule has 0 radical (unpaired) electrons. The molecule has 1 aliphatic carbocycles. The Kier molecular flexibility index (Phi) is 8.03. The number of aliphatic imine (C=N–C) groups is 1. The highest BCUT2D eigenvalue weighted by Gasteiger charge is 2.12. The Bertz CT molecular complexity index is 491. The van der Waals surface area contributed by atoms with Crippen LogP contribution in [0.3, 0.4) is 0 Å². The number of hydrogen-bond acceptors (Lipinski definition) is 1. The van der Waals surface area contributed by atoms with Crippen LogP contribution in [0, 0.1) is 5.82 Å². The normalized spacial score (nSPS) is 14.9. The fraction of sp³-hybridized carbons (Fsp3) is 0.400. The van der Waals surface area contributed by atoms with Gasteiger partial charge in [-0.2, -0.15) is 0 Å². The Balaban J connectivity index is 0.00000220. The summed E-state index contributed by atoms with van der Waals surface area (Å²) in [5, 5.41) is 6.98. The van der Waals surface area contributed by atoms with Crippen LogP contribution in [0.2, 0.25) is 5.02 Å². The summed E-state index contributed by atoms with van der Waals surface area (Å²) in [4.78, 5) is 4.17. The largest absolute Gasteiger partial charge is 0.356 e. The van der Waals surface area contributed by atoms with Gasteiger partial charge in [-0.25, -0.2) is 4.39 Å². The molecule has 116 valence electrons. The molecule has 0 fully saturated rings. The van der Waals surface area contributed by atoms with Crippen molar-refractivity contribution in [1.82, 2.24) is 10.6 Å². The van der Waals surface area contributed by atoms with Crippen molar-refractivity contribution in [3.8, 4) is 0 Å². The summed E-state index contributed by atoms with van der Waals surface area (Å²) in [7, 11) is 1.73. The number of benzene rings is 1. The highest BCUT2D eigenvalue weighted by Crippen LogP contribution is 2.18. The molecule has 3 nitrogen and oxygen atoms in total. The van der Waals surface area contributed by atoms with E-state index in [1.165, 1.54) is 6.07 Å². The van der Waals surface area contributed by atoms with E-state index in [0.29, 0.717) is 29.6 Å². The molecule has 2 N–H and O–H groups in total. The Hall–Kier alpha value is -0.820. The van der Waals surface area contributed by atoms with Crippen molar-refractivity contribution in [3.05, 3.63) is 46.8 Å². The van der Waals surface area contributed by atoms with Gasteiger partial charge in [-0.1, -0.05) is 29.8 Å². The summed E-state index contributed by atoms with van der Waals surface area (Å²) in [6.07, 6.45) is 6.86. The van der Waals surface area contributed by atoms with Crippen molar-refractivity contribution in [1.29, 1.82) is 0 Å². The van der Waals surface area contributed by atoms with Crippen LogP contribution >= 0.6 is 35.6 Å². The first kappa shape index (κ1) is 18.2. The average molecular weight is 424 g/mol. The first-order valence-corrected chi connectivity index (χ1v) is 7.13. The van der Waals surface area contributed by atoms with Crippen LogP contribution in [0.15, 0.2) is 35.3 Å². The lowest BCUT2D eigenvalue weighted by Gasteiger charge is -2.17. The molecule has 0 aromatic heterocycles. The van der Waals surface area contributed by atoms with Gasteiger partial charge in [-0.05, 0) is 31.4 Å². The maximum Gasteiger partial charge on any atom is 0.191 e. The quantitative estimate of drug-likeness (QED) is 0.336. The molecule has 0 bridgehead atoms. The molecule has 21 heavy (non-hydrogen) atoms. The van der Waals surface area contributed by atoms with E-state index in [9.17, 15) is 4.39 Å². The van der Waals surface area contributed by atoms with E-state index in [1.54, 1.807) is 19.2 Å². The number of guanidine groups is 1. The molecule has 0 atom stereocenters. The summed E-state index contributed by atoms with van der Waals surface area (Å²) < 4.78 is 13.6. The molecule has 0 saturated heterocycles. The van der Waals surface area contributed by atoms with Gasteiger partial charge in [-0.15, -0.1) is 24.0 Å². The number of rotatable bonds is 4. The molecule has 1 aromatic carbocycles. The lowest BCUT2D eigenvalue weighted by atomic mass is 10.1. The molecule has 1 aromatic rings. The van der Waals surface area contributed by atoms with E-state index in [-0.39, 0.29) is 29.8 Å². The van der Waals surface area contributed by atoms with Crippen molar-refractivity contribution in [2.75, 3.05) is 13.6 Å². The van der Waals surface area contributed by atoms with Crippen LogP contribution in [0.5, 0.6) is 0 Å². The summed E-state index contributed by atoms with van der Waals surface area (Å²) >= 11 is 5.99. The van der Waals surface area contributed by atoms with Gasteiger partial charge in [0.1, 0.15) is 5.82 Å². The van der Waals surface area contributed by atoms with E-state index in [2.05, 4.69) is 27.8 Å². The summed E-state index contributed by atoms with van der Waals surface area (Å²) in [5.74, 6) is 0.480. The van der Waals surface area contributed by atoms with Gasteiger partial charge in [-0.3, -0.25) is 4.99 Å². The van der Waals surface area contributed by atoms with Crippen LogP contribution in [-0.4, -0.2) is 25.6 Å². The van der Waals surface area contributed by atoms with Crippen LogP contribution < -0.4 is 10.6 Å². The number of nitrogens with zero attached hydrogens (tertiary/aromatic N) is 1. The molecule has 6 heteroatoms. The van der Waals surface area contributed by atoms with Crippen molar-refractivity contribution < 1.29 is 4.39 Å². The second-order valence-electron chi connectivity index (χ2n) is 4.73. The zero-order valence-electron chi connectivity index (χ0n) is 11.9. The second kappa shape index (κ2) is 9.25. The standard InChI is InChI=1S/C15H19ClFN3.HI/c1-18-15(20-11-5-2-3-6-11)19-10-9-12-13(16)7-4-8-14(12)17;/h2-4,7-8,11H,5-6,9-10H2,1H3,(H2,18,19,20);1H. The van der Waals surface area contributed by atoms with Crippen LogP contribution in [0.25, 0.3) is 0 Å². The van der Waals surface area contributed by atoms with Gasteiger partial charge >= 0.3 is 0 Å². The zero-order valence-corrected chi connectivity index (χ0v) is 15.0. The average Bonchev–Trinajstić information content (AvgIpc) is 2.93. The Labute approximate surface area is 147 Å². The van der Waals surface area contributed by atoms with E-state index in [1.807, 2.05) is 0 Å². The van der Waals surface area contributed by atoms with Crippen molar-refractivity contribution >= 4 is 41.5 Å². The summed E-state index contributed by atoms with van der Waals surface area (Å²) in [6.45, 7) is 0.584. The first-order chi connectivity index (χ1) is 9.70. The highest BCUT2D eigenvalue weighted by molar-refractivity contribution is 14.0. The van der Waals surface area contributed by atoms with E-state index >= 15 is 0 Å². The monoisotopic (exact) mass is 423 g/mol. The number of halogens is 3. The van der Waals surface area contributed by atoms with Crippen molar-refractivity contribution in [3.63, 3.8) is 0 Å².